The van der Waals surface area contributed by atoms with Crippen LogP contribution in [0.3, 0.4) is 0 Å². The zero-order valence-electron chi connectivity index (χ0n) is 9.32. The lowest BCUT2D eigenvalue weighted by Gasteiger charge is -2.13. The van der Waals surface area contributed by atoms with Crippen LogP contribution in [0.5, 0.6) is 0 Å². The molecule has 0 saturated carbocycles. The van der Waals surface area contributed by atoms with Crippen LogP contribution in [-0.2, 0) is 4.79 Å². The smallest absolute Gasteiger partial charge is 0.237 e. The molecule has 4 heteroatoms. The largest absolute Gasteiger partial charge is 0.397 e. The second kappa shape index (κ2) is 4.78. The number of anilines is 2. The highest BCUT2D eigenvalue weighted by Crippen LogP contribution is 2.29. The molecule has 0 bridgehead atoms. The van der Waals surface area contributed by atoms with Crippen molar-refractivity contribution < 1.29 is 4.79 Å². The summed E-state index contributed by atoms with van der Waals surface area (Å²) < 4.78 is 0. The van der Waals surface area contributed by atoms with Crippen molar-refractivity contribution in [3.8, 4) is 0 Å². The van der Waals surface area contributed by atoms with Gasteiger partial charge in [-0.1, -0.05) is 12.1 Å². The van der Waals surface area contributed by atoms with Crippen molar-refractivity contribution in [2.45, 2.75) is 25.0 Å². The second-order valence-corrected chi connectivity index (χ2v) is 5.34. The summed E-state index contributed by atoms with van der Waals surface area (Å²) in [6.07, 6.45) is 2.11. The lowest BCUT2D eigenvalue weighted by Crippen LogP contribution is -2.23. The molecule has 86 valence electrons. The van der Waals surface area contributed by atoms with Gasteiger partial charge in [-0.05, 0) is 37.1 Å². The number of benzene rings is 1. The van der Waals surface area contributed by atoms with Crippen LogP contribution in [0.1, 0.15) is 18.4 Å². The maximum atomic E-state index is 11.9. The summed E-state index contributed by atoms with van der Waals surface area (Å²) in [6, 6.07) is 5.66. The van der Waals surface area contributed by atoms with Crippen LogP contribution in [0.4, 0.5) is 11.4 Å². The Morgan fingerprint density at radius 1 is 1.56 bits per heavy atom. The van der Waals surface area contributed by atoms with Gasteiger partial charge in [0.1, 0.15) is 0 Å². The van der Waals surface area contributed by atoms with E-state index in [0.29, 0.717) is 5.69 Å². The molecule has 1 aromatic rings. The van der Waals surface area contributed by atoms with Crippen molar-refractivity contribution in [2.24, 2.45) is 0 Å². The number of carbonyl (C=O) groups is 1. The fourth-order valence-electron chi connectivity index (χ4n) is 1.85. The Labute approximate surface area is 99.8 Å². The van der Waals surface area contributed by atoms with Crippen molar-refractivity contribution in [1.82, 2.24) is 0 Å². The number of hydrogen-bond donors (Lipinski definition) is 2. The molecule has 3 nitrogen and oxygen atoms in total. The highest BCUT2D eigenvalue weighted by molar-refractivity contribution is 8.00. The van der Waals surface area contributed by atoms with Crippen LogP contribution in [0.15, 0.2) is 18.2 Å². The van der Waals surface area contributed by atoms with Crippen LogP contribution in [0.25, 0.3) is 0 Å². The first-order valence-electron chi connectivity index (χ1n) is 5.46. The molecule has 1 aliphatic heterocycles. The fraction of sp³-hybridized carbons (Fsp3) is 0.417. The SMILES string of the molecule is Cc1cccc(N)c1NC(=O)C1CCCS1. The molecule has 1 aromatic carbocycles. The molecular formula is C12H16N2OS. The minimum atomic E-state index is 0.0866. The predicted molar refractivity (Wildman–Crippen MR) is 69.7 cm³/mol. The van der Waals surface area contributed by atoms with Gasteiger partial charge in [0.15, 0.2) is 0 Å². The Bertz CT molecular complexity index is 380. The van der Waals surface area contributed by atoms with E-state index in [1.165, 1.54) is 0 Å². The fourth-order valence-corrected chi connectivity index (χ4v) is 3.01. The number of carbonyl (C=O) groups excluding carboxylic acids is 1. The number of thioether (sulfide) groups is 1. The molecular weight excluding hydrogens is 220 g/mol. The van der Waals surface area contributed by atoms with Crippen molar-refractivity contribution in [3.05, 3.63) is 23.8 Å². The molecule has 0 spiro atoms. The van der Waals surface area contributed by atoms with Crippen LogP contribution in [-0.4, -0.2) is 16.9 Å². The van der Waals surface area contributed by atoms with Gasteiger partial charge in [-0.3, -0.25) is 4.79 Å². The van der Waals surface area contributed by atoms with E-state index < -0.39 is 0 Å². The van der Waals surface area contributed by atoms with E-state index in [2.05, 4.69) is 5.32 Å². The standard InChI is InChI=1S/C12H16N2OS/c1-8-4-2-5-9(13)11(8)14-12(15)10-6-3-7-16-10/h2,4-5,10H,3,6-7,13H2,1H3,(H,14,15). The minimum Gasteiger partial charge on any atom is -0.397 e. The van der Waals surface area contributed by atoms with Crippen LogP contribution in [0.2, 0.25) is 0 Å². The number of rotatable bonds is 2. The van der Waals surface area contributed by atoms with Gasteiger partial charge in [0.2, 0.25) is 5.91 Å². The number of amides is 1. The molecule has 1 fully saturated rings. The molecule has 1 saturated heterocycles. The summed E-state index contributed by atoms with van der Waals surface area (Å²) in [5, 5.41) is 3.03. The quantitative estimate of drug-likeness (QED) is 0.775. The topological polar surface area (TPSA) is 55.1 Å². The number of nitrogens with two attached hydrogens (primary N) is 1. The molecule has 0 radical (unpaired) electrons. The molecule has 1 amide bonds. The van der Waals surface area contributed by atoms with Crippen molar-refractivity contribution in [2.75, 3.05) is 16.8 Å². The van der Waals surface area contributed by atoms with Gasteiger partial charge in [0.05, 0.1) is 16.6 Å². The first kappa shape index (κ1) is 11.3. The van der Waals surface area contributed by atoms with E-state index in [1.54, 1.807) is 11.8 Å². The van der Waals surface area contributed by atoms with Gasteiger partial charge in [-0.25, -0.2) is 0 Å². The number of aryl methyl sites for hydroxylation is 1. The summed E-state index contributed by atoms with van der Waals surface area (Å²) in [6.45, 7) is 1.95. The zero-order chi connectivity index (χ0) is 11.5. The highest BCUT2D eigenvalue weighted by Gasteiger charge is 2.24. The molecule has 1 heterocycles. The number of hydrogen-bond acceptors (Lipinski definition) is 3. The van der Waals surface area contributed by atoms with E-state index in [0.717, 1.165) is 29.8 Å². The Hall–Kier alpha value is -1.16. The molecule has 1 aliphatic rings. The Kier molecular flexibility index (Phi) is 3.39. The van der Waals surface area contributed by atoms with Gasteiger partial charge < -0.3 is 11.1 Å². The summed E-state index contributed by atoms with van der Waals surface area (Å²) in [7, 11) is 0. The first-order chi connectivity index (χ1) is 7.68. The predicted octanol–water partition coefficient (Wildman–Crippen LogP) is 2.41. The third-order valence-corrected chi connectivity index (χ3v) is 4.15. The Morgan fingerprint density at radius 2 is 2.38 bits per heavy atom. The van der Waals surface area contributed by atoms with Gasteiger partial charge in [-0.2, -0.15) is 0 Å². The maximum Gasteiger partial charge on any atom is 0.237 e. The van der Waals surface area contributed by atoms with Gasteiger partial charge in [0.25, 0.3) is 0 Å². The lowest BCUT2D eigenvalue weighted by atomic mass is 10.1. The van der Waals surface area contributed by atoms with Crippen LogP contribution < -0.4 is 11.1 Å². The number of nitrogens with one attached hydrogen (secondary N) is 1. The third kappa shape index (κ3) is 2.32. The molecule has 3 N–H and O–H groups in total. The van der Waals surface area contributed by atoms with E-state index in [4.69, 9.17) is 5.73 Å². The zero-order valence-corrected chi connectivity index (χ0v) is 10.1. The van der Waals surface area contributed by atoms with E-state index in [-0.39, 0.29) is 11.2 Å². The summed E-state index contributed by atoms with van der Waals surface area (Å²) in [4.78, 5) is 11.9. The van der Waals surface area contributed by atoms with Gasteiger partial charge in [0, 0.05) is 0 Å². The monoisotopic (exact) mass is 236 g/mol. The van der Waals surface area contributed by atoms with Crippen molar-refractivity contribution >= 4 is 29.0 Å². The maximum absolute atomic E-state index is 11.9. The highest BCUT2D eigenvalue weighted by atomic mass is 32.2. The van der Waals surface area contributed by atoms with Crippen molar-refractivity contribution in [3.63, 3.8) is 0 Å². The average Bonchev–Trinajstić information content (AvgIpc) is 2.76. The first-order valence-corrected chi connectivity index (χ1v) is 6.51. The van der Waals surface area contributed by atoms with Gasteiger partial charge >= 0.3 is 0 Å². The normalized spacial score (nSPS) is 19.7. The summed E-state index contributed by atoms with van der Waals surface area (Å²) in [5.41, 5.74) is 8.26. The molecule has 2 rings (SSSR count). The van der Waals surface area contributed by atoms with Gasteiger partial charge in [-0.15, -0.1) is 11.8 Å². The summed E-state index contributed by atoms with van der Waals surface area (Å²) >= 11 is 1.73. The average molecular weight is 236 g/mol. The molecule has 0 aromatic heterocycles. The molecule has 0 aliphatic carbocycles. The minimum absolute atomic E-state index is 0.0866. The van der Waals surface area contributed by atoms with E-state index in [9.17, 15) is 4.79 Å². The lowest BCUT2D eigenvalue weighted by molar-refractivity contribution is -0.115. The third-order valence-electron chi connectivity index (χ3n) is 2.78. The summed E-state index contributed by atoms with van der Waals surface area (Å²) in [5.74, 6) is 1.17. The van der Waals surface area contributed by atoms with Crippen LogP contribution >= 0.6 is 11.8 Å². The number of para-hydroxylation sites is 1. The Morgan fingerprint density at radius 3 is 3.00 bits per heavy atom. The Balaban J connectivity index is 2.11. The van der Waals surface area contributed by atoms with Crippen LogP contribution in [0, 0.1) is 6.92 Å². The van der Waals surface area contributed by atoms with E-state index in [1.807, 2.05) is 25.1 Å². The molecule has 16 heavy (non-hydrogen) atoms. The number of nitrogen functional groups attached to an aromatic ring is 1. The van der Waals surface area contributed by atoms with Crippen molar-refractivity contribution in [1.29, 1.82) is 0 Å². The molecule has 1 unspecified atom stereocenters. The van der Waals surface area contributed by atoms with E-state index >= 15 is 0 Å². The second-order valence-electron chi connectivity index (χ2n) is 4.03. The molecule has 1 atom stereocenters.